The van der Waals surface area contributed by atoms with Gasteiger partial charge in [-0.1, -0.05) is 28.1 Å². The normalized spacial score (nSPS) is 14.6. The molecule has 1 aromatic heterocycles. The lowest BCUT2D eigenvalue weighted by atomic mass is 10.1. The van der Waals surface area contributed by atoms with Crippen LogP contribution in [0.3, 0.4) is 0 Å². The van der Waals surface area contributed by atoms with Gasteiger partial charge in [-0.3, -0.25) is 0 Å². The lowest BCUT2D eigenvalue weighted by Gasteiger charge is -1.99. The van der Waals surface area contributed by atoms with Gasteiger partial charge in [0, 0.05) is 15.9 Å². The molecular formula is C15H14BrNO2. The summed E-state index contributed by atoms with van der Waals surface area (Å²) in [6, 6.07) is 9.60. The van der Waals surface area contributed by atoms with Crippen LogP contribution in [-0.2, 0) is 6.42 Å². The first-order chi connectivity index (χ1) is 9.13. The highest BCUT2D eigenvalue weighted by molar-refractivity contribution is 9.10. The molecule has 0 saturated heterocycles. The van der Waals surface area contributed by atoms with Gasteiger partial charge < -0.3 is 10.1 Å². The number of carboxylic acid groups (broad SMARTS) is 1. The third-order valence-corrected chi connectivity index (χ3v) is 3.95. The largest absolute Gasteiger partial charge is 0.478 e. The van der Waals surface area contributed by atoms with Gasteiger partial charge in [0.05, 0.1) is 5.56 Å². The maximum Gasteiger partial charge on any atom is 0.337 e. The minimum Gasteiger partial charge on any atom is -0.478 e. The highest BCUT2D eigenvalue weighted by Gasteiger charge is 2.25. The van der Waals surface area contributed by atoms with Gasteiger partial charge in [-0.2, -0.15) is 0 Å². The van der Waals surface area contributed by atoms with Gasteiger partial charge in [-0.05, 0) is 48.9 Å². The summed E-state index contributed by atoms with van der Waals surface area (Å²) >= 11 is 3.43. The van der Waals surface area contributed by atoms with E-state index < -0.39 is 5.97 Å². The third-order valence-electron chi connectivity index (χ3n) is 3.46. The van der Waals surface area contributed by atoms with Crippen molar-refractivity contribution in [1.82, 2.24) is 4.98 Å². The van der Waals surface area contributed by atoms with E-state index in [2.05, 4.69) is 20.9 Å². The summed E-state index contributed by atoms with van der Waals surface area (Å²) in [4.78, 5) is 14.6. The molecule has 98 valence electrons. The fourth-order valence-electron chi connectivity index (χ4n) is 2.27. The van der Waals surface area contributed by atoms with Crippen molar-refractivity contribution in [3.8, 4) is 11.3 Å². The highest BCUT2D eigenvalue weighted by atomic mass is 79.9. The first-order valence-electron chi connectivity index (χ1n) is 6.34. The zero-order chi connectivity index (χ0) is 13.4. The van der Waals surface area contributed by atoms with E-state index in [9.17, 15) is 9.90 Å². The summed E-state index contributed by atoms with van der Waals surface area (Å²) < 4.78 is 0.986. The van der Waals surface area contributed by atoms with Crippen LogP contribution in [0.4, 0.5) is 0 Å². The van der Waals surface area contributed by atoms with E-state index in [1.165, 1.54) is 12.8 Å². The molecule has 1 saturated carbocycles. The maximum atomic E-state index is 11.3. The SMILES string of the molecule is O=C(O)c1cc(-c2cccc(Br)c2)[nH]c1CC1CC1. The second kappa shape index (κ2) is 4.85. The molecule has 1 aromatic carbocycles. The molecule has 0 aliphatic heterocycles. The molecule has 1 aliphatic carbocycles. The number of hydrogen-bond acceptors (Lipinski definition) is 1. The lowest BCUT2D eigenvalue weighted by molar-refractivity contribution is 0.0696. The Morgan fingerprint density at radius 2 is 2.16 bits per heavy atom. The molecule has 19 heavy (non-hydrogen) atoms. The first-order valence-corrected chi connectivity index (χ1v) is 7.14. The second-order valence-electron chi connectivity index (χ2n) is 5.04. The molecular weight excluding hydrogens is 306 g/mol. The molecule has 1 heterocycles. The fraction of sp³-hybridized carbons (Fsp3) is 0.267. The van der Waals surface area contributed by atoms with Crippen LogP contribution in [-0.4, -0.2) is 16.1 Å². The number of aromatic amines is 1. The van der Waals surface area contributed by atoms with E-state index in [0.29, 0.717) is 11.5 Å². The van der Waals surface area contributed by atoms with Crippen molar-refractivity contribution >= 4 is 21.9 Å². The zero-order valence-electron chi connectivity index (χ0n) is 10.3. The van der Waals surface area contributed by atoms with Gasteiger partial charge in [-0.25, -0.2) is 4.79 Å². The minimum atomic E-state index is -0.854. The first kappa shape index (κ1) is 12.5. The number of nitrogens with one attached hydrogen (secondary N) is 1. The van der Waals surface area contributed by atoms with Crippen molar-refractivity contribution in [2.75, 3.05) is 0 Å². The topological polar surface area (TPSA) is 53.1 Å². The van der Waals surface area contributed by atoms with Crippen molar-refractivity contribution in [3.63, 3.8) is 0 Å². The Morgan fingerprint density at radius 3 is 2.79 bits per heavy atom. The van der Waals surface area contributed by atoms with Crippen LogP contribution in [0, 0.1) is 5.92 Å². The number of halogens is 1. The number of aromatic carboxylic acids is 1. The molecule has 3 rings (SSSR count). The highest BCUT2D eigenvalue weighted by Crippen LogP contribution is 2.34. The smallest absolute Gasteiger partial charge is 0.337 e. The average Bonchev–Trinajstić information content (AvgIpc) is 3.06. The monoisotopic (exact) mass is 319 g/mol. The van der Waals surface area contributed by atoms with Crippen molar-refractivity contribution in [2.24, 2.45) is 5.92 Å². The fourth-order valence-corrected chi connectivity index (χ4v) is 2.67. The van der Waals surface area contributed by atoms with Gasteiger partial charge in [0.15, 0.2) is 0 Å². The molecule has 1 aliphatic rings. The Hall–Kier alpha value is -1.55. The number of carbonyl (C=O) groups is 1. The van der Waals surface area contributed by atoms with Gasteiger partial charge >= 0.3 is 5.97 Å². The predicted octanol–water partition coefficient (Wildman–Crippen LogP) is 4.09. The van der Waals surface area contributed by atoms with Crippen LogP contribution >= 0.6 is 15.9 Å². The quantitative estimate of drug-likeness (QED) is 0.891. The van der Waals surface area contributed by atoms with E-state index in [1.807, 2.05) is 24.3 Å². The summed E-state index contributed by atoms with van der Waals surface area (Å²) in [5, 5.41) is 9.28. The van der Waals surface area contributed by atoms with Crippen LogP contribution in [0.5, 0.6) is 0 Å². The van der Waals surface area contributed by atoms with Crippen molar-refractivity contribution < 1.29 is 9.90 Å². The Kier molecular flexibility index (Phi) is 3.19. The summed E-state index contributed by atoms with van der Waals surface area (Å²) in [5.41, 5.74) is 3.13. The van der Waals surface area contributed by atoms with Crippen LogP contribution < -0.4 is 0 Å². The molecule has 2 N–H and O–H groups in total. The minimum absolute atomic E-state index is 0.405. The summed E-state index contributed by atoms with van der Waals surface area (Å²) in [5.74, 6) is -0.194. The molecule has 0 unspecified atom stereocenters. The molecule has 0 spiro atoms. The molecule has 0 amide bonds. The molecule has 1 fully saturated rings. The van der Waals surface area contributed by atoms with E-state index >= 15 is 0 Å². The Bertz CT molecular complexity index is 629. The summed E-state index contributed by atoms with van der Waals surface area (Å²) in [6.07, 6.45) is 3.27. The van der Waals surface area contributed by atoms with Crippen LogP contribution in [0.25, 0.3) is 11.3 Å². The summed E-state index contributed by atoms with van der Waals surface area (Å²) in [6.45, 7) is 0. The third kappa shape index (κ3) is 2.73. The van der Waals surface area contributed by atoms with Gasteiger partial charge in [0.1, 0.15) is 0 Å². The number of rotatable bonds is 4. The molecule has 0 bridgehead atoms. The Balaban J connectivity index is 1.99. The predicted molar refractivity (Wildman–Crippen MR) is 77.3 cm³/mol. The number of hydrogen-bond donors (Lipinski definition) is 2. The Labute approximate surface area is 119 Å². The van der Waals surface area contributed by atoms with Crippen LogP contribution in [0.2, 0.25) is 0 Å². The van der Waals surface area contributed by atoms with E-state index in [4.69, 9.17) is 0 Å². The number of aromatic nitrogens is 1. The molecule has 0 radical (unpaired) electrons. The number of H-pyrrole nitrogens is 1. The van der Waals surface area contributed by atoms with Crippen LogP contribution in [0.15, 0.2) is 34.8 Å². The van der Waals surface area contributed by atoms with Gasteiger partial charge in [0.25, 0.3) is 0 Å². The van der Waals surface area contributed by atoms with Gasteiger partial charge in [0.2, 0.25) is 0 Å². The second-order valence-corrected chi connectivity index (χ2v) is 5.95. The molecule has 4 heteroatoms. The van der Waals surface area contributed by atoms with E-state index in [-0.39, 0.29) is 0 Å². The molecule has 2 aromatic rings. The van der Waals surface area contributed by atoms with Crippen molar-refractivity contribution in [3.05, 3.63) is 46.1 Å². The standard InChI is InChI=1S/C15H14BrNO2/c16-11-3-1-2-10(7-11)13-8-12(15(18)19)14(17-13)6-9-4-5-9/h1-3,7-9,17H,4-6H2,(H,18,19). The summed E-state index contributed by atoms with van der Waals surface area (Å²) in [7, 11) is 0. The average molecular weight is 320 g/mol. The van der Waals surface area contributed by atoms with Crippen molar-refractivity contribution in [1.29, 1.82) is 0 Å². The molecule has 3 nitrogen and oxygen atoms in total. The van der Waals surface area contributed by atoms with Gasteiger partial charge in [-0.15, -0.1) is 0 Å². The number of benzene rings is 1. The van der Waals surface area contributed by atoms with E-state index in [0.717, 1.165) is 27.8 Å². The maximum absolute atomic E-state index is 11.3. The van der Waals surface area contributed by atoms with E-state index in [1.54, 1.807) is 6.07 Å². The number of carboxylic acids is 1. The zero-order valence-corrected chi connectivity index (χ0v) is 11.9. The van der Waals surface area contributed by atoms with Crippen LogP contribution in [0.1, 0.15) is 28.9 Å². The Morgan fingerprint density at radius 1 is 1.37 bits per heavy atom. The van der Waals surface area contributed by atoms with Crippen molar-refractivity contribution in [2.45, 2.75) is 19.3 Å². The lowest BCUT2D eigenvalue weighted by Crippen LogP contribution is -2.00. The molecule has 0 atom stereocenters.